The Bertz CT molecular complexity index is 832. The number of nitrogens with two attached hydrogens (primary N) is 1. The van der Waals surface area contributed by atoms with Crippen LogP contribution in [-0.2, 0) is 14.2 Å². The van der Waals surface area contributed by atoms with Gasteiger partial charge in [-0.1, -0.05) is 19.8 Å². The first-order valence-corrected chi connectivity index (χ1v) is 11.1. The van der Waals surface area contributed by atoms with Crippen LogP contribution in [-0.4, -0.2) is 87.4 Å². The van der Waals surface area contributed by atoms with Gasteiger partial charge in [0.1, 0.15) is 24.4 Å². The van der Waals surface area contributed by atoms with Gasteiger partial charge in [-0.3, -0.25) is 14.3 Å². The van der Waals surface area contributed by atoms with Crippen molar-refractivity contribution in [3.8, 4) is 0 Å². The van der Waals surface area contributed by atoms with Crippen molar-refractivity contribution in [2.75, 3.05) is 19.6 Å². The van der Waals surface area contributed by atoms with Gasteiger partial charge >= 0.3 is 5.69 Å². The fourth-order valence-electron chi connectivity index (χ4n) is 4.00. The Hall–Kier alpha value is -1.64. The van der Waals surface area contributed by atoms with Crippen LogP contribution >= 0.6 is 0 Å². The van der Waals surface area contributed by atoms with E-state index in [0.29, 0.717) is 6.54 Å². The van der Waals surface area contributed by atoms with Crippen molar-refractivity contribution in [2.24, 2.45) is 5.73 Å². The number of aromatic nitrogens is 2. The number of aliphatic hydroxyl groups excluding tert-OH is 3. The lowest BCUT2D eigenvalue weighted by molar-refractivity contribution is -0.213. The van der Waals surface area contributed by atoms with Crippen molar-refractivity contribution in [1.29, 1.82) is 0 Å². The van der Waals surface area contributed by atoms with Gasteiger partial charge in [-0.15, -0.1) is 0 Å². The van der Waals surface area contributed by atoms with Gasteiger partial charge in [0.25, 0.3) is 5.56 Å². The fourth-order valence-corrected chi connectivity index (χ4v) is 4.00. The zero-order chi connectivity index (χ0) is 23.3. The van der Waals surface area contributed by atoms with E-state index in [9.17, 15) is 24.9 Å². The van der Waals surface area contributed by atoms with Gasteiger partial charge in [-0.05, 0) is 13.0 Å². The first-order chi connectivity index (χ1) is 15.3. The third kappa shape index (κ3) is 5.83. The maximum Gasteiger partial charge on any atom is 0.330 e. The van der Waals surface area contributed by atoms with Crippen LogP contribution < -0.4 is 22.3 Å². The Morgan fingerprint density at radius 3 is 2.72 bits per heavy atom. The Morgan fingerprint density at radius 1 is 1.28 bits per heavy atom. The fraction of sp³-hybridized carbons (Fsp3) is 0.800. The standard InChI is InChI=1S/C20H34N4O8/c1-2-3-4-6-22-10-14(32-19-17(28)16(27)13(9-21)31-19)12-8-11(25)18(30-12)24-7-5-15(26)23-20(24)29/h5,7,11-14,16-19,22,25,27-28H,2-4,6,8-10,21H2,1H3,(H,23,26,29)/t11-,12+,13-,14+,16-,17-,18-,19+/m1/s1. The van der Waals surface area contributed by atoms with Crippen molar-refractivity contribution in [1.82, 2.24) is 14.9 Å². The molecule has 2 saturated heterocycles. The third-order valence-corrected chi connectivity index (χ3v) is 5.82. The lowest BCUT2D eigenvalue weighted by atomic mass is 10.1. The molecule has 32 heavy (non-hydrogen) atoms. The summed E-state index contributed by atoms with van der Waals surface area (Å²) in [6.45, 7) is 3.21. The number of unbranched alkanes of at least 4 members (excludes halogenated alkanes) is 2. The van der Waals surface area contributed by atoms with Crippen LogP contribution in [0, 0.1) is 0 Å². The number of rotatable bonds is 11. The van der Waals surface area contributed by atoms with Crippen molar-refractivity contribution in [3.63, 3.8) is 0 Å². The maximum atomic E-state index is 12.1. The second-order valence-corrected chi connectivity index (χ2v) is 8.23. The minimum Gasteiger partial charge on any atom is -0.388 e. The molecule has 2 aliphatic rings. The largest absolute Gasteiger partial charge is 0.388 e. The average Bonchev–Trinajstić information content (AvgIpc) is 3.27. The Balaban J connectivity index is 1.71. The van der Waals surface area contributed by atoms with Gasteiger partial charge in [0.05, 0.1) is 12.2 Å². The minimum atomic E-state index is -1.28. The Kier molecular flexibility index (Phi) is 8.96. The van der Waals surface area contributed by atoms with E-state index in [1.165, 1.54) is 12.3 Å². The quantitative estimate of drug-likeness (QED) is 0.198. The lowest BCUT2D eigenvalue weighted by Crippen LogP contribution is -2.44. The molecule has 0 saturated carbocycles. The molecule has 1 aromatic heterocycles. The second kappa shape index (κ2) is 11.5. The number of aliphatic hydroxyl groups is 3. The molecule has 3 heterocycles. The monoisotopic (exact) mass is 458 g/mol. The number of hydrogen-bond acceptors (Lipinski definition) is 10. The van der Waals surface area contributed by atoms with Crippen molar-refractivity contribution < 1.29 is 29.5 Å². The van der Waals surface area contributed by atoms with Crippen molar-refractivity contribution in [3.05, 3.63) is 33.1 Å². The molecule has 0 aromatic carbocycles. The number of nitrogens with one attached hydrogen (secondary N) is 2. The first kappa shape index (κ1) is 25.0. The van der Waals surface area contributed by atoms with Gasteiger partial charge in [0.2, 0.25) is 0 Å². The molecule has 0 aliphatic carbocycles. The molecule has 12 nitrogen and oxygen atoms in total. The lowest BCUT2D eigenvalue weighted by Gasteiger charge is -2.28. The highest BCUT2D eigenvalue weighted by Gasteiger charge is 2.46. The SMILES string of the molecule is CCCCCNC[C@H](O[C@@H]1O[C@H](CN)[C@@H](O)[C@H]1O)[C@@H]1C[C@@H](O)[C@H](n2ccc(=O)[nH]c2=O)O1. The highest BCUT2D eigenvalue weighted by atomic mass is 16.7. The van der Waals surface area contributed by atoms with E-state index in [0.717, 1.165) is 30.4 Å². The normalized spacial score (nSPS) is 33.6. The molecule has 0 radical (unpaired) electrons. The van der Waals surface area contributed by atoms with Crippen LogP contribution in [0.3, 0.4) is 0 Å². The van der Waals surface area contributed by atoms with Gasteiger partial charge < -0.3 is 40.6 Å². The molecule has 8 atom stereocenters. The maximum absolute atomic E-state index is 12.1. The summed E-state index contributed by atoms with van der Waals surface area (Å²) in [5, 5.41) is 34.2. The summed E-state index contributed by atoms with van der Waals surface area (Å²) in [4.78, 5) is 25.6. The van der Waals surface area contributed by atoms with E-state index < -0.39 is 60.4 Å². The summed E-state index contributed by atoms with van der Waals surface area (Å²) in [5.74, 6) is 0. The molecule has 12 heteroatoms. The van der Waals surface area contributed by atoms with E-state index in [1.807, 2.05) is 0 Å². The average molecular weight is 459 g/mol. The van der Waals surface area contributed by atoms with Crippen LogP contribution in [0.15, 0.2) is 21.9 Å². The number of aromatic amines is 1. The van der Waals surface area contributed by atoms with E-state index in [4.69, 9.17) is 19.9 Å². The first-order valence-electron chi connectivity index (χ1n) is 11.1. The third-order valence-electron chi connectivity index (χ3n) is 5.82. The molecule has 7 N–H and O–H groups in total. The van der Waals surface area contributed by atoms with Crippen LogP contribution in [0.2, 0.25) is 0 Å². The Morgan fingerprint density at radius 2 is 2.06 bits per heavy atom. The van der Waals surface area contributed by atoms with Crippen LogP contribution in [0.4, 0.5) is 0 Å². The summed E-state index contributed by atoms with van der Waals surface area (Å²) in [6, 6.07) is 1.17. The van der Waals surface area contributed by atoms with E-state index in [2.05, 4.69) is 17.2 Å². The predicted molar refractivity (Wildman–Crippen MR) is 113 cm³/mol. The molecule has 0 unspecified atom stereocenters. The van der Waals surface area contributed by atoms with Gasteiger partial charge in [-0.25, -0.2) is 4.79 Å². The highest BCUT2D eigenvalue weighted by Crippen LogP contribution is 2.32. The summed E-state index contributed by atoms with van der Waals surface area (Å²) in [5.41, 5.74) is 4.33. The molecule has 2 aliphatic heterocycles. The summed E-state index contributed by atoms with van der Waals surface area (Å²) in [7, 11) is 0. The smallest absolute Gasteiger partial charge is 0.330 e. The van der Waals surface area contributed by atoms with Gasteiger partial charge in [0, 0.05) is 31.8 Å². The van der Waals surface area contributed by atoms with Gasteiger partial charge in [-0.2, -0.15) is 0 Å². The van der Waals surface area contributed by atoms with E-state index >= 15 is 0 Å². The van der Waals surface area contributed by atoms with Crippen molar-refractivity contribution >= 4 is 0 Å². The zero-order valence-electron chi connectivity index (χ0n) is 18.1. The number of nitrogens with zero attached hydrogens (tertiary/aromatic N) is 1. The molecule has 3 rings (SSSR count). The molecule has 0 bridgehead atoms. The summed E-state index contributed by atoms with van der Waals surface area (Å²) >= 11 is 0. The number of hydrogen-bond donors (Lipinski definition) is 6. The van der Waals surface area contributed by atoms with Crippen LogP contribution in [0.25, 0.3) is 0 Å². The summed E-state index contributed by atoms with van der Waals surface area (Å²) in [6.07, 6.45) is -3.10. The molecule has 0 spiro atoms. The zero-order valence-corrected chi connectivity index (χ0v) is 18.1. The van der Waals surface area contributed by atoms with Gasteiger partial charge in [0.15, 0.2) is 12.5 Å². The predicted octanol–water partition coefficient (Wildman–Crippen LogP) is -2.24. The summed E-state index contributed by atoms with van der Waals surface area (Å²) < 4.78 is 18.6. The molecular formula is C20H34N4O8. The van der Waals surface area contributed by atoms with Crippen molar-refractivity contribution in [2.45, 2.75) is 81.7 Å². The van der Waals surface area contributed by atoms with E-state index in [-0.39, 0.29) is 13.0 Å². The minimum absolute atomic E-state index is 0.0217. The molecule has 182 valence electrons. The molecule has 2 fully saturated rings. The number of H-pyrrole nitrogens is 1. The second-order valence-electron chi connectivity index (χ2n) is 8.23. The Labute approximate surface area is 185 Å². The van der Waals surface area contributed by atoms with Crippen LogP contribution in [0.1, 0.15) is 38.8 Å². The molecule has 1 aromatic rings. The van der Waals surface area contributed by atoms with Crippen LogP contribution in [0.5, 0.6) is 0 Å². The molecule has 0 amide bonds. The number of ether oxygens (including phenoxy) is 3. The van der Waals surface area contributed by atoms with E-state index in [1.54, 1.807) is 0 Å². The molecular weight excluding hydrogens is 424 g/mol. The topological polar surface area (TPSA) is 181 Å². The highest BCUT2D eigenvalue weighted by molar-refractivity contribution is 4.93.